The fraction of sp³-hybridized carbons (Fsp3) is 0.211. The molecule has 1 aliphatic rings. The zero-order valence-electron chi connectivity index (χ0n) is 15.4. The third-order valence-corrected chi connectivity index (χ3v) is 5.65. The van der Waals surface area contributed by atoms with Gasteiger partial charge in [-0.1, -0.05) is 18.2 Å². The van der Waals surface area contributed by atoms with Gasteiger partial charge in [-0.2, -0.15) is 0 Å². The van der Waals surface area contributed by atoms with E-state index in [9.17, 15) is 18.3 Å². The predicted octanol–water partition coefficient (Wildman–Crippen LogP) is 1.07. The summed E-state index contributed by atoms with van der Waals surface area (Å²) in [6, 6.07) is 9.47. The summed E-state index contributed by atoms with van der Waals surface area (Å²) in [5.41, 5.74) is 0.534. The van der Waals surface area contributed by atoms with Crippen molar-refractivity contribution in [2.75, 3.05) is 20.5 Å². The number of rotatable bonds is 6. The van der Waals surface area contributed by atoms with Crippen LogP contribution in [0.2, 0.25) is 0 Å². The molecule has 146 valence electrons. The molecule has 9 heteroatoms. The molecule has 8 nitrogen and oxygen atoms in total. The van der Waals surface area contributed by atoms with Crippen LogP contribution < -0.4 is 20.2 Å². The summed E-state index contributed by atoms with van der Waals surface area (Å²) in [5, 5.41) is 9.59. The molecule has 0 fully saturated rings. The molecule has 1 N–H and O–H groups in total. The molecule has 1 aliphatic heterocycles. The van der Waals surface area contributed by atoms with Gasteiger partial charge in [-0.05, 0) is 35.9 Å². The Hall–Kier alpha value is -3.20. The van der Waals surface area contributed by atoms with Crippen LogP contribution in [-0.2, 0) is 9.84 Å². The second-order valence-electron chi connectivity index (χ2n) is 6.08. The highest BCUT2D eigenvalue weighted by atomic mass is 32.2. The third kappa shape index (κ3) is 3.36. The number of sulfone groups is 1. The standard InChI is InChI=1S/C19H18N2O6S/c1-26-15-8-7-12(11-16(15)27-2)9-10-19(28(3,24)25)20-14-6-4-5-13(18(22)23)17(14)21-19/h4-11H,1-3H3,(H,22,23). The number of ether oxygens (including phenoxy) is 2. The van der Waals surface area contributed by atoms with Crippen LogP contribution in [0.5, 0.6) is 11.5 Å². The number of aromatic carboxylic acids is 1. The Labute approximate surface area is 161 Å². The van der Waals surface area contributed by atoms with Crippen molar-refractivity contribution in [3.63, 3.8) is 0 Å². The summed E-state index contributed by atoms with van der Waals surface area (Å²) >= 11 is 0. The number of para-hydroxylation sites is 1. The second-order valence-corrected chi connectivity index (χ2v) is 8.23. The molecule has 3 rings (SSSR count). The molecule has 2 aromatic rings. The molecule has 0 amide bonds. The van der Waals surface area contributed by atoms with E-state index in [4.69, 9.17) is 9.47 Å². The summed E-state index contributed by atoms with van der Waals surface area (Å²) < 4.78 is 35.5. The Kier molecular flexibility index (Phi) is 4.95. The average Bonchev–Trinajstić information content (AvgIpc) is 3.05. The van der Waals surface area contributed by atoms with Crippen molar-refractivity contribution in [2.24, 2.45) is 9.98 Å². The summed E-state index contributed by atoms with van der Waals surface area (Å²) in [7, 11) is -0.833. The highest BCUT2D eigenvalue weighted by Crippen LogP contribution is 2.30. The molecule has 1 heterocycles. The molecule has 0 aromatic heterocycles. The van der Waals surface area contributed by atoms with Crippen LogP contribution in [0.1, 0.15) is 15.9 Å². The molecule has 0 radical (unpaired) electrons. The summed E-state index contributed by atoms with van der Waals surface area (Å²) in [4.78, 5) is 17.9. The Morgan fingerprint density at radius 2 is 1.82 bits per heavy atom. The molecule has 1 atom stereocenters. The van der Waals surface area contributed by atoms with E-state index in [1.807, 2.05) is 0 Å². The van der Waals surface area contributed by atoms with Gasteiger partial charge in [0, 0.05) is 6.26 Å². The van der Waals surface area contributed by atoms with E-state index in [0.717, 1.165) is 6.26 Å². The molecule has 0 saturated heterocycles. The topological polar surface area (TPSA) is 115 Å². The molecule has 0 saturated carbocycles. The van der Waals surface area contributed by atoms with Crippen LogP contribution in [0.3, 0.4) is 0 Å². The van der Waals surface area contributed by atoms with Gasteiger partial charge >= 0.3 is 5.97 Å². The maximum atomic E-state index is 12.5. The molecule has 1 unspecified atom stereocenters. The van der Waals surface area contributed by atoms with Gasteiger partial charge in [0.2, 0.25) is 0 Å². The molecule has 28 heavy (non-hydrogen) atoms. The van der Waals surface area contributed by atoms with Crippen LogP contribution in [0.25, 0.3) is 6.08 Å². The van der Waals surface area contributed by atoms with Crippen molar-refractivity contribution >= 4 is 21.9 Å². The number of nitrogens with zero attached hydrogens (tertiary/aromatic N) is 2. The Morgan fingerprint density at radius 1 is 1.11 bits per heavy atom. The SMILES string of the molecule is COc1ccc(C=CC2(S(C)(=O)=O)N=c3cccc(C(=O)O)c3=N2)cc1OC. The van der Waals surface area contributed by atoms with Gasteiger partial charge < -0.3 is 14.6 Å². The number of carboxylic acid groups (broad SMARTS) is 1. The van der Waals surface area contributed by atoms with Crippen molar-refractivity contribution in [1.82, 2.24) is 0 Å². The zero-order chi connectivity index (χ0) is 20.5. The smallest absolute Gasteiger partial charge is 0.337 e. The first-order valence-electron chi connectivity index (χ1n) is 8.14. The van der Waals surface area contributed by atoms with E-state index in [1.54, 1.807) is 24.3 Å². The Bertz CT molecular complexity index is 1200. The second kappa shape index (κ2) is 7.08. The van der Waals surface area contributed by atoms with Gasteiger partial charge in [-0.3, -0.25) is 0 Å². The number of methoxy groups -OCH3 is 2. The van der Waals surface area contributed by atoms with E-state index in [2.05, 4.69) is 9.98 Å². The average molecular weight is 402 g/mol. The van der Waals surface area contributed by atoms with Crippen LogP contribution in [0, 0.1) is 0 Å². The monoisotopic (exact) mass is 402 g/mol. The van der Waals surface area contributed by atoms with E-state index in [1.165, 1.54) is 38.5 Å². The van der Waals surface area contributed by atoms with Gasteiger partial charge in [-0.25, -0.2) is 23.2 Å². The van der Waals surface area contributed by atoms with Crippen LogP contribution >= 0.6 is 0 Å². The number of benzene rings is 2. The fourth-order valence-corrected chi connectivity index (χ4v) is 3.63. The number of hydrogen-bond donors (Lipinski definition) is 1. The number of fused-ring (bicyclic) bond motifs is 1. The van der Waals surface area contributed by atoms with Crippen molar-refractivity contribution in [3.05, 3.63) is 64.3 Å². The molecular formula is C19H18N2O6S. The lowest BCUT2D eigenvalue weighted by molar-refractivity contribution is 0.0695. The van der Waals surface area contributed by atoms with Crippen LogP contribution in [0.15, 0.2) is 52.5 Å². The van der Waals surface area contributed by atoms with Crippen molar-refractivity contribution in [2.45, 2.75) is 4.99 Å². The molecule has 0 bridgehead atoms. The normalized spacial score (nSPS) is 18.2. The maximum absolute atomic E-state index is 12.5. The van der Waals surface area contributed by atoms with Gasteiger partial charge in [-0.15, -0.1) is 0 Å². The quantitative estimate of drug-likeness (QED) is 0.773. The summed E-state index contributed by atoms with van der Waals surface area (Å²) in [6.45, 7) is 0. The Morgan fingerprint density at radius 3 is 2.43 bits per heavy atom. The van der Waals surface area contributed by atoms with E-state index in [0.29, 0.717) is 17.1 Å². The van der Waals surface area contributed by atoms with Gasteiger partial charge in [0.05, 0.1) is 25.1 Å². The number of hydrogen-bond acceptors (Lipinski definition) is 7. The van der Waals surface area contributed by atoms with E-state index >= 15 is 0 Å². The van der Waals surface area contributed by atoms with E-state index in [-0.39, 0.29) is 16.3 Å². The molecule has 0 aliphatic carbocycles. The van der Waals surface area contributed by atoms with Crippen molar-refractivity contribution in [1.29, 1.82) is 0 Å². The lowest BCUT2D eigenvalue weighted by atomic mass is 10.2. The van der Waals surface area contributed by atoms with Crippen molar-refractivity contribution in [3.8, 4) is 11.5 Å². The first-order valence-corrected chi connectivity index (χ1v) is 10.0. The minimum Gasteiger partial charge on any atom is -0.493 e. The Balaban J connectivity index is 2.15. The highest BCUT2D eigenvalue weighted by molar-refractivity contribution is 7.92. The fourth-order valence-electron chi connectivity index (χ4n) is 2.79. The lowest BCUT2D eigenvalue weighted by Crippen LogP contribution is -2.31. The van der Waals surface area contributed by atoms with Crippen LogP contribution in [-0.4, -0.2) is 45.0 Å². The van der Waals surface area contributed by atoms with Gasteiger partial charge in [0.15, 0.2) is 21.3 Å². The largest absolute Gasteiger partial charge is 0.493 e. The number of carboxylic acids is 1. The summed E-state index contributed by atoms with van der Waals surface area (Å²) in [6.07, 6.45) is 3.88. The first kappa shape index (κ1) is 19.6. The predicted molar refractivity (Wildman–Crippen MR) is 102 cm³/mol. The summed E-state index contributed by atoms with van der Waals surface area (Å²) in [5.74, 6) is -0.190. The van der Waals surface area contributed by atoms with Gasteiger partial charge in [0.1, 0.15) is 5.36 Å². The third-order valence-electron chi connectivity index (χ3n) is 4.24. The van der Waals surface area contributed by atoms with Crippen LogP contribution in [0.4, 0.5) is 0 Å². The number of carbonyl (C=O) groups is 1. The van der Waals surface area contributed by atoms with E-state index < -0.39 is 20.8 Å². The highest BCUT2D eigenvalue weighted by Gasteiger charge is 2.40. The molecular weight excluding hydrogens is 384 g/mol. The maximum Gasteiger partial charge on any atom is 0.337 e. The minimum atomic E-state index is -3.84. The first-order chi connectivity index (χ1) is 13.2. The minimum absolute atomic E-state index is 0.0392. The van der Waals surface area contributed by atoms with Crippen molar-refractivity contribution < 1.29 is 27.8 Å². The lowest BCUT2D eigenvalue weighted by Gasteiger charge is -2.16. The molecule has 2 aromatic carbocycles. The molecule has 0 spiro atoms. The zero-order valence-corrected chi connectivity index (χ0v) is 16.2. The van der Waals surface area contributed by atoms with Gasteiger partial charge in [0.25, 0.3) is 4.99 Å².